The SMILES string of the molecule is C=CCOC[C@]12C[C@@H](C(=O)O)N[C@H]1C2. The zero-order chi connectivity index (χ0) is 10.2. The number of carbonyl (C=O) groups is 1. The van der Waals surface area contributed by atoms with E-state index in [2.05, 4.69) is 11.9 Å². The maximum Gasteiger partial charge on any atom is 0.320 e. The fraction of sp³-hybridized carbons (Fsp3) is 0.700. The van der Waals surface area contributed by atoms with Crippen molar-refractivity contribution in [2.75, 3.05) is 13.2 Å². The number of aliphatic carboxylic acids is 1. The van der Waals surface area contributed by atoms with Crippen LogP contribution in [0.4, 0.5) is 0 Å². The van der Waals surface area contributed by atoms with Crippen LogP contribution < -0.4 is 5.32 Å². The fourth-order valence-corrected chi connectivity index (χ4v) is 2.24. The Labute approximate surface area is 82.9 Å². The fourth-order valence-electron chi connectivity index (χ4n) is 2.24. The van der Waals surface area contributed by atoms with Gasteiger partial charge in [-0.3, -0.25) is 4.79 Å². The largest absolute Gasteiger partial charge is 0.480 e. The van der Waals surface area contributed by atoms with Gasteiger partial charge in [0.25, 0.3) is 0 Å². The molecule has 0 radical (unpaired) electrons. The molecule has 1 saturated heterocycles. The molecule has 78 valence electrons. The highest BCUT2D eigenvalue weighted by molar-refractivity contribution is 5.74. The zero-order valence-corrected chi connectivity index (χ0v) is 8.03. The van der Waals surface area contributed by atoms with Crippen LogP contribution in [0.25, 0.3) is 0 Å². The van der Waals surface area contributed by atoms with Gasteiger partial charge in [0, 0.05) is 11.5 Å². The minimum absolute atomic E-state index is 0.103. The van der Waals surface area contributed by atoms with Gasteiger partial charge in [-0.2, -0.15) is 0 Å². The molecule has 2 N–H and O–H groups in total. The number of carboxylic acids is 1. The van der Waals surface area contributed by atoms with Crippen LogP contribution >= 0.6 is 0 Å². The summed E-state index contributed by atoms with van der Waals surface area (Å²) < 4.78 is 5.39. The third-order valence-corrected chi connectivity index (χ3v) is 3.13. The van der Waals surface area contributed by atoms with E-state index in [1.54, 1.807) is 6.08 Å². The van der Waals surface area contributed by atoms with Gasteiger partial charge in [-0.05, 0) is 12.8 Å². The Kier molecular flexibility index (Phi) is 2.33. The van der Waals surface area contributed by atoms with E-state index in [-0.39, 0.29) is 11.5 Å². The van der Waals surface area contributed by atoms with Crippen molar-refractivity contribution >= 4 is 5.97 Å². The molecule has 0 spiro atoms. The second kappa shape index (κ2) is 3.37. The van der Waals surface area contributed by atoms with E-state index in [4.69, 9.17) is 9.84 Å². The van der Waals surface area contributed by atoms with Crippen molar-refractivity contribution in [3.05, 3.63) is 12.7 Å². The number of hydrogen-bond acceptors (Lipinski definition) is 3. The molecule has 2 fully saturated rings. The molecular formula is C10H15NO3. The normalized spacial score (nSPS) is 39.1. The van der Waals surface area contributed by atoms with Crippen LogP contribution in [0.3, 0.4) is 0 Å². The van der Waals surface area contributed by atoms with Crippen LogP contribution in [0.1, 0.15) is 12.8 Å². The first-order chi connectivity index (χ1) is 6.68. The van der Waals surface area contributed by atoms with Gasteiger partial charge < -0.3 is 15.2 Å². The molecule has 3 atom stereocenters. The topological polar surface area (TPSA) is 58.6 Å². The first-order valence-electron chi connectivity index (χ1n) is 4.85. The summed E-state index contributed by atoms with van der Waals surface area (Å²) in [4.78, 5) is 10.7. The molecule has 4 heteroatoms. The van der Waals surface area contributed by atoms with E-state index in [1.807, 2.05) is 0 Å². The van der Waals surface area contributed by atoms with Crippen LogP contribution in [0.2, 0.25) is 0 Å². The summed E-state index contributed by atoms with van der Waals surface area (Å²) in [5.74, 6) is -0.750. The summed E-state index contributed by atoms with van der Waals surface area (Å²) in [7, 11) is 0. The molecule has 4 nitrogen and oxygen atoms in total. The average molecular weight is 197 g/mol. The van der Waals surface area contributed by atoms with Crippen molar-refractivity contribution in [2.24, 2.45) is 5.41 Å². The van der Waals surface area contributed by atoms with Crippen molar-refractivity contribution in [1.82, 2.24) is 5.32 Å². The lowest BCUT2D eigenvalue weighted by Crippen LogP contribution is -2.33. The van der Waals surface area contributed by atoms with Crippen LogP contribution in [0, 0.1) is 5.41 Å². The van der Waals surface area contributed by atoms with Crippen LogP contribution in [0.5, 0.6) is 0 Å². The van der Waals surface area contributed by atoms with Crippen molar-refractivity contribution in [3.8, 4) is 0 Å². The monoisotopic (exact) mass is 197 g/mol. The van der Waals surface area contributed by atoms with E-state index in [0.717, 1.165) is 6.42 Å². The van der Waals surface area contributed by atoms with E-state index in [1.165, 1.54) is 0 Å². The maximum absolute atomic E-state index is 10.7. The molecule has 0 unspecified atom stereocenters. The molecule has 0 bridgehead atoms. The van der Waals surface area contributed by atoms with Gasteiger partial charge in [-0.25, -0.2) is 0 Å². The molecule has 0 aromatic rings. The van der Waals surface area contributed by atoms with Crippen molar-refractivity contribution in [2.45, 2.75) is 24.9 Å². The molecule has 0 aromatic heterocycles. The molecule has 14 heavy (non-hydrogen) atoms. The van der Waals surface area contributed by atoms with Crippen molar-refractivity contribution in [1.29, 1.82) is 0 Å². The van der Waals surface area contributed by atoms with E-state index >= 15 is 0 Å². The minimum atomic E-state index is -0.750. The predicted octanol–water partition coefficient (Wildman–Crippen LogP) is 0.394. The lowest BCUT2D eigenvalue weighted by molar-refractivity contribution is -0.139. The van der Waals surface area contributed by atoms with Crippen molar-refractivity contribution in [3.63, 3.8) is 0 Å². The highest BCUT2D eigenvalue weighted by Gasteiger charge is 2.61. The van der Waals surface area contributed by atoms with Gasteiger partial charge in [0.15, 0.2) is 0 Å². The molecule has 2 aliphatic rings. The zero-order valence-electron chi connectivity index (χ0n) is 8.03. The number of carboxylic acid groups (broad SMARTS) is 1. The van der Waals surface area contributed by atoms with Gasteiger partial charge in [-0.15, -0.1) is 6.58 Å². The van der Waals surface area contributed by atoms with Gasteiger partial charge >= 0.3 is 5.97 Å². The third kappa shape index (κ3) is 1.55. The van der Waals surface area contributed by atoms with Crippen LogP contribution in [0.15, 0.2) is 12.7 Å². The third-order valence-electron chi connectivity index (χ3n) is 3.13. The number of fused-ring (bicyclic) bond motifs is 1. The molecule has 0 amide bonds. The Morgan fingerprint density at radius 3 is 3.07 bits per heavy atom. The Balaban J connectivity index is 1.83. The van der Waals surface area contributed by atoms with Gasteiger partial charge in [0.1, 0.15) is 6.04 Å². The Morgan fingerprint density at radius 2 is 2.50 bits per heavy atom. The quantitative estimate of drug-likeness (QED) is 0.494. The summed E-state index contributed by atoms with van der Waals surface area (Å²) in [5, 5.41) is 11.9. The second-order valence-electron chi connectivity index (χ2n) is 4.18. The molecular weight excluding hydrogens is 182 g/mol. The standard InChI is InChI=1S/C10H15NO3/c1-2-3-14-6-10-4-7(9(12)13)11-8(10)5-10/h2,7-8,11H,1,3-6H2,(H,12,13)/t7-,8-,10+/m0/s1. The molecule has 1 saturated carbocycles. The average Bonchev–Trinajstić information content (AvgIpc) is 2.69. The van der Waals surface area contributed by atoms with E-state index in [9.17, 15) is 4.79 Å². The Morgan fingerprint density at radius 1 is 1.71 bits per heavy atom. The Bertz CT molecular complexity index is 266. The molecule has 0 aromatic carbocycles. The minimum Gasteiger partial charge on any atom is -0.480 e. The van der Waals surface area contributed by atoms with Crippen molar-refractivity contribution < 1.29 is 14.6 Å². The first-order valence-corrected chi connectivity index (χ1v) is 4.85. The first kappa shape index (κ1) is 9.68. The highest BCUT2D eigenvalue weighted by Crippen LogP contribution is 2.54. The summed E-state index contributed by atoms with van der Waals surface area (Å²) in [5.41, 5.74) is 0.103. The van der Waals surface area contributed by atoms with E-state index in [0.29, 0.717) is 25.7 Å². The molecule has 1 heterocycles. The molecule has 2 rings (SSSR count). The number of ether oxygens (including phenoxy) is 1. The van der Waals surface area contributed by atoms with Gasteiger partial charge in [0.2, 0.25) is 0 Å². The number of hydrogen-bond donors (Lipinski definition) is 2. The van der Waals surface area contributed by atoms with Gasteiger partial charge in [-0.1, -0.05) is 6.08 Å². The smallest absolute Gasteiger partial charge is 0.320 e. The summed E-state index contributed by atoms with van der Waals surface area (Å²) in [6.07, 6.45) is 3.46. The van der Waals surface area contributed by atoms with Gasteiger partial charge in [0.05, 0.1) is 13.2 Å². The maximum atomic E-state index is 10.7. The van der Waals surface area contributed by atoms with Crippen LogP contribution in [-0.4, -0.2) is 36.4 Å². The summed E-state index contributed by atoms with van der Waals surface area (Å²) >= 11 is 0. The summed E-state index contributed by atoms with van der Waals surface area (Å²) in [6, 6.07) is -0.0190. The number of piperidine rings is 1. The summed E-state index contributed by atoms with van der Waals surface area (Å²) in [6.45, 7) is 4.77. The van der Waals surface area contributed by atoms with Crippen LogP contribution in [-0.2, 0) is 9.53 Å². The lowest BCUT2D eigenvalue weighted by Gasteiger charge is -2.12. The number of rotatable bonds is 5. The van der Waals surface area contributed by atoms with E-state index < -0.39 is 5.97 Å². The highest BCUT2D eigenvalue weighted by atomic mass is 16.5. The Hall–Kier alpha value is -0.870. The predicted molar refractivity (Wildman–Crippen MR) is 51.0 cm³/mol. The molecule has 1 aliphatic heterocycles. The lowest BCUT2D eigenvalue weighted by atomic mass is 10.0. The molecule has 1 aliphatic carbocycles. The second-order valence-corrected chi connectivity index (χ2v) is 4.18. The number of nitrogens with one attached hydrogen (secondary N) is 1.